The Bertz CT molecular complexity index is 623. The highest BCUT2D eigenvalue weighted by molar-refractivity contribution is 5.79. The average Bonchev–Trinajstić information content (AvgIpc) is 3.04. The minimum atomic E-state index is -0.160. The minimum absolute atomic E-state index is 0.0386. The van der Waals surface area contributed by atoms with Gasteiger partial charge in [0.2, 0.25) is 5.91 Å². The van der Waals surface area contributed by atoms with Crippen LogP contribution < -0.4 is 10.6 Å². The largest absolute Gasteiger partial charge is 0.346 e. The quantitative estimate of drug-likeness (QED) is 0.866. The van der Waals surface area contributed by atoms with Crippen molar-refractivity contribution in [2.45, 2.75) is 19.9 Å². The molecular formula is C14H19N5O. The van der Waals surface area contributed by atoms with Crippen LogP contribution in [0.1, 0.15) is 25.7 Å². The number of amides is 1. The molecule has 0 aromatic carbocycles. The first kappa shape index (κ1) is 13.1. The molecule has 1 amide bonds. The first-order chi connectivity index (χ1) is 9.66. The second-order valence-electron chi connectivity index (χ2n) is 5.46. The van der Waals surface area contributed by atoms with Gasteiger partial charge in [-0.2, -0.15) is 0 Å². The monoisotopic (exact) mass is 273 g/mol. The fourth-order valence-electron chi connectivity index (χ4n) is 2.70. The molecule has 2 N–H and O–H groups in total. The van der Waals surface area contributed by atoms with Crippen molar-refractivity contribution in [1.29, 1.82) is 0 Å². The summed E-state index contributed by atoms with van der Waals surface area (Å²) in [6.45, 7) is 5.69. The molecule has 0 radical (unpaired) electrons. The molecule has 1 saturated heterocycles. The predicted molar refractivity (Wildman–Crippen MR) is 75.1 cm³/mol. The average molecular weight is 273 g/mol. The second kappa shape index (κ2) is 5.20. The molecule has 106 valence electrons. The van der Waals surface area contributed by atoms with Crippen LogP contribution in [0.2, 0.25) is 0 Å². The van der Waals surface area contributed by atoms with Gasteiger partial charge in [0, 0.05) is 12.7 Å². The van der Waals surface area contributed by atoms with E-state index in [1.807, 2.05) is 35.7 Å². The molecule has 1 aliphatic rings. The third kappa shape index (κ3) is 2.27. The van der Waals surface area contributed by atoms with E-state index in [0.717, 1.165) is 24.6 Å². The highest BCUT2D eigenvalue weighted by Crippen LogP contribution is 2.18. The van der Waals surface area contributed by atoms with Gasteiger partial charge in [0.1, 0.15) is 0 Å². The molecule has 20 heavy (non-hydrogen) atoms. The molecule has 3 rings (SSSR count). The Hall–Kier alpha value is -1.95. The SMILES string of the molecule is CC(NC(=O)[C@@H]1CNC[C@H]1C)c1nnc2ccccn12. The van der Waals surface area contributed by atoms with E-state index in [-0.39, 0.29) is 17.9 Å². The van der Waals surface area contributed by atoms with Crippen LogP contribution in [0.4, 0.5) is 0 Å². The summed E-state index contributed by atoms with van der Waals surface area (Å²) in [5.41, 5.74) is 0.791. The first-order valence-corrected chi connectivity index (χ1v) is 6.97. The summed E-state index contributed by atoms with van der Waals surface area (Å²) >= 11 is 0. The number of nitrogens with zero attached hydrogens (tertiary/aromatic N) is 3. The maximum absolute atomic E-state index is 12.3. The number of pyridine rings is 1. The van der Waals surface area contributed by atoms with E-state index in [1.54, 1.807) is 0 Å². The summed E-state index contributed by atoms with van der Waals surface area (Å²) in [7, 11) is 0. The molecule has 0 spiro atoms. The lowest BCUT2D eigenvalue weighted by atomic mass is 9.97. The summed E-state index contributed by atoms with van der Waals surface area (Å²) in [5, 5.41) is 14.6. The number of carbonyl (C=O) groups is 1. The van der Waals surface area contributed by atoms with Crippen LogP contribution in [-0.4, -0.2) is 33.6 Å². The number of fused-ring (bicyclic) bond motifs is 1. The summed E-state index contributed by atoms with van der Waals surface area (Å²) in [6, 6.07) is 5.58. The maximum atomic E-state index is 12.3. The number of rotatable bonds is 3. The third-order valence-corrected chi connectivity index (χ3v) is 3.94. The van der Waals surface area contributed by atoms with Crippen molar-refractivity contribution in [2.24, 2.45) is 11.8 Å². The molecule has 0 saturated carbocycles. The molecule has 1 aliphatic heterocycles. The van der Waals surface area contributed by atoms with Crippen LogP contribution in [0.25, 0.3) is 5.65 Å². The Morgan fingerprint density at radius 1 is 1.45 bits per heavy atom. The van der Waals surface area contributed by atoms with Crippen LogP contribution in [0.5, 0.6) is 0 Å². The highest BCUT2D eigenvalue weighted by atomic mass is 16.2. The zero-order valence-electron chi connectivity index (χ0n) is 11.7. The van der Waals surface area contributed by atoms with E-state index in [9.17, 15) is 4.79 Å². The molecule has 1 unspecified atom stereocenters. The Morgan fingerprint density at radius 2 is 2.30 bits per heavy atom. The molecule has 0 aliphatic carbocycles. The van der Waals surface area contributed by atoms with Crippen molar-refractivity contribution in [3.05, 3.63) is 30.2 Å². The van der Waals surface area contributed by atoms with Crippen molar-refractivity contribution >= 4 is 11.6 Å². The molecule has 0 bridgehead atoms. The summed E-state index contributed by atoms with van der Waals surface area (Å²) < 4.78 is 1.90. The van der Waals surface area contributed by atoms with Crippen molar-refractivity contribution < 1.29 is 4.79 Å². The van der Waals surface area contributed by atoms with Gasteiger partial charge in [0.15, 0.2) is 11.5 Å². The fraction of sp³-hybridized carbons (Fsp3) is 0.500. The topological polar surface area (TPSA) is 71.3 Å². The van der Waals surface area contributed by atoms with E-state index >= 15 is 0 Å². The highest BCUT2D eigenvalue weighted by Gasteiger charge is 2.30. The first-order valence-electron chi connectivity index (χ1n) is 6.97. The fourth-order valence-corrected chi connectivity index (χ4v) is 2.70. The molecule has 2 aromatic heterocycles. The van der Waals surface area contributed by atoms with Gasteiger partial charge in [-0.3, -0.25) is 9.20 Å². The van der Waals surface area contributed by atoms with E-state index < -0.39 is 0 Å². The van der Waals surface area contributed by atoms with Gasteiger partial charge in [-0.25, -0.2) is 0 Å². The van der Waals surface area contributed by atoms with Crippen LogP contribution in [-0.2, 0) is 4.79 Å². The molecule has 2 aromatic rings. The normalized spacial score (nSPS) is 23.9. The van der Waals surface area contributed by atoms with Gasteiger partial charge in [0.05, 0.1) is 12.0 Å². The summed E-state index contributed by atoms with van der Waals surface area (Å²) in [4.78, 5) is 12.3. The lowest BCUT2D eigenvalue weighted by Crippen LogP contribution is -2.36. The zero-order valence-corrected chi connectivity index (χ0v) is 11.7. The zero-order chi connectivity index (χ0) is 14.1. The van der Waals surface area contributed by atoms with Gasteiger partial charge < -0.3 is 10.6 Å². The van der Waals surface area contributed by atoms with E-state index in [4.69, 9.17) is 0 Å². The van der Waals surface area contributed by atoms with Gasteiger partial charge in [-0.05, 0) is 31.5 Å². The Labute approximate surface area is 117 Å². The van der Waals surface area contributed by atoms with Gasteiger partial charge in [-0.15, -0.1) is 10.2 Å². The Morgan fingerprint density at radius 3 is 3.05 bits per heavy atom. The maximum Gasteiger partial charge on any atom is 0.225 e. The number of aromatic nitrogens is 3. The molecular weight excluding hydrogens is 254 g/mol. The smallest absolute Gasteiger partial charge is 0.225 e. The molecule has 6 nitrogen and oxygen atoms in total. The second-order valence-corrected chi connectivity index (χ2v) is 5.46. The van der Waals surface area contributed by atoms with Crippen LogP contribution in [0, 0.1) is 11.8 Å². The predicted octanol–water partition coefficient (Wildman–Crippen LogP) is 0.762. The molecule has 3 heterocycles. The molecule has 3 atom stereocenters. The standard InChI is InChI=1S/C14H19N5O/c1-9-7-15-8-11(9)14(20)16-10(2)13-18-17-12-5-3-4-6-19(12)13/h3-6,9-11,15H,7-8H2,1-2H3,(H,16,20)/t9-,10?,11-/m1/s1. The van der Waals surface area contributed by atoms with Crippen molar-refractivity contribution in [1.82, 2.24) is 25.2 Å². The van der Waals surface area contributed by atoms with Crippen LogP contribution in [0.15, 0.2) is 24.4 Å². The third-order valence-electron chi connectivity index (χ3n) is 3.94. The van der Waals surface area contributed by atoms with Gasteiger partial charge >= 0.3 is 0 Å². The van der Waals surface area contributed by atoms with E-state index in [0.29, 0.717) is 5.92 Å². The van der Waals surface area contributed by atoms with Crippen molar-refractivity contribution in [2.75, 3.05) is 13.1 Å². The van der Waals surface area contributed by atoms with Crippen molar-refractivity contribution in [3.63, 3.8) is 0 Å². The van der Waals surface area contributed by atoms with Gasteiger partial charge in [0.25, 0.3) is 0 Å². The van der Waals surface area contributed by atoms with E-state index in [2.05, 4.69) is 27.8 Å². The Kier molecular flexibility index (Phi) is 3.40. The van der Waals surface area contributed by atoms with Gasteiger partial charge in [-0.1, -0.05) is 13.0 Å². The minimum Gasteiger partial charge on any atom is -0.346 e. The number of hydrogen-bond donors (Lipinski definition) is 2. The van der Waals surface area contributed by atoms with E-state index in [1.165, 1.54) is 0 Å². The van der Waals surface area contributed by atoms with Crippen LogP contribution >= 0.6 is 0 Å². The number of carbonyl (C=O) groups excluding carboxylic acids is 1. The molecule has 6 heteroatoms. The van der Waals surface area contributed by atoms with Crippen LogP contribution in [0.3, 0.4) is 0 Å². The number of hydrogen-bond acceptors (Lipinski definition) is 4. The summed E-state index contributed by atoms with van der Waals surface area (Å²) in [5.74, 6) is 1.25. The van der Waals surface area contributed by atoms with Crippen molar-refractivity contribution in [3.8, 4) is 0 Å². The lowest BCUT2D eigenvalue weighted by molar-refractivity contribution is -0.126. The summed E-state index contributed by atoms with van der Waals surface area (Å²) in [6.07, 6.45) is 1.91. The Balaban J connectivity index is 1.76. The number of nitrogens with one attached hydrogen (secondary N) is 2. The lowest BCUT2D eigenvalue weighted by Gasteiger charge is -2.18. The molecule has 1 fully saturated rings.